The van der Waals surface area contributed by atoms with Crippen molar-refractivity contribution in [1.29, 1.82) is 0 Å². The molecule has 9 heteroatoms. The second kappa shape index (κ2) is 13.0. The van der Waals surface area contributed by atoms with Gasteiger partial charge in [-0.15, -0.1) is 0 Å². The van der Waals surface area contributed by atoms with Crippen LogP contribution in [0.5, 0.6) is 0 Å². The molecular formula is C29H38FN5O3. The lowest BCUT2D eigenvalue weighted by molar-refractivity contribution is -0.133. The van der Waals surface area contributed by atoms with Crippen molar-refractivity contribution in [2.45, 2.75) is 39.7 Å². The highest BCUT2D eigenvalue weighted by Crippen LogP contribution is 2.33. The van der Waals surface area contributed by atoms with Crippen LogP contribution in [-0.4, -0.2) is 84.9 Å². The molecule has 0 aromatic heterocycles. The van der Waals surface area contributed by atoms with E-state index < -0.39 is 0 Å². The molecule has 8 nitrogen and oxygen atoms in total. The molecule has 2 aromatic rings. The number of carbonyl (C=O) groups is 2. The zero-order chi connectivity index (χ0) is 27.1. The average Bonchev–Trinajstić information content (AvgIpc) is 3.38. The number of benzene rings is 2. The molecule has 1 N–H and O–H groups in total. The molecule has 1 saturated heterocycles. The van der Waals surface area contributed by atoms with Crippen LogP contribution in [0.15, 0.2) is 47.6 Å². The Labute approximate surface area is 224 Å². The van der Waals surface area contributed by atoms with Crippen molar-refractivity contribution in [1.82, 2.24) is 20.1 Å². The number of hydrogen-bond acceptors (Lipinski definition) is 5. The standard InChI is InChI=1S/C29H38FN5O3/c1-4-11-31-29(37)34(13-12-33-14-16-38-17-15-33)20-28(36)35-27(23-7-9-25(30)10-8-23)19-26(32-35)24-6-5-21(2)22(3)18-24/h5-10,18,27H,4,11-17,19-20H2,1-3H3,(H,31,37). The number of morpholine rings is 1. The van der Waals surface area contributed by atoms with Crippen LogP contribution in [0.2, 0.25) is 0 Å². The van der Waals surface area contributed by atoms with E-state index in [0.717, 1.165) is 41.9 Å². The van der Waals surface area contributed by atoms with Crippen LogP contribution in [0, 0.1) is 19.7 Å². The van der Waals surface area contributed by atoms with Crippen LogP contribution >= 0.6 is 0 Å². The van der Waals surface area contributed by atoms with Crippen molar-refractivity contribution in [2.24, 2.45) is 5.10 Å². The number of nitrogens with zero attached hydrogens (tertiary/aromatic N) is 4. The molecule has 2 aromatic carbocycles. The smallest absolute Gasteiger partial charge is 0.317 e. The van der Waals surface area contributed by atoms with Gasteiger partial charge in [0.25, 0.3) is 5.91 Å². The lowest BCUT2D eigenvalue weighted by atomic mass is 9.96. The lowest BCUT2D eigenvalue weighted by Gasteiger charge is -2.31. The number of amides is 3. The molecule has 2 aliphatic heterocycles. The summed E-state index contributed by atoms with van der Waals surface area (Å²) in [6, 6.07) is 11.7. The molecule has 1 atom stereocenters. The first-order valence-corrected chi connectivity index (χ1v) is 13.4. The zero-order valence-corrected chi connectivity index (χ0v) is 22.6. The predicted octanol–water partition coefficient (Wildman–Crippen LogP) is 3.87. The van der Waals surface area contributed by atoms with Crippen molar-refractivity contribution < 1.29 is 18.7 Å². The minimum Gasteiger partial charge on any atom is -0.379 e. The van der Waals surface area contributed by atoms with E-state index in [1.807, 2.05) is 13.0 Å². The quantitative estimate of drug-likeness (QED) is 0.541. The first-order valence-electron chi connectivity index (χ1n) is 13.4. The molecule has 1 unspecified atom stereocenters. The van der Waals surface area contributed by atoms with Gasteiger partial charge in [0.1, 0.15) is 12.4 Å². The normalized spacial score (nSPS) is 17.8. The van der Waals surface area contributed by atoms with Gasteiger partial charge in [0, 0.05) is 39.1 Å². The van der Waals surface area contributed by atoms with E-state index in [4.69, 9.17) is 9.84 Å². The molecule has 1 fully saturated rings. The number of carbonyl (C=O) groups excluding carboxylic acids is 2. The fourth-order valence-corrected chi connectivity index (χ4v) is 4.70. The van der Waals surface area contributed by atoms with Crippen LogP contribution in [0.4, 0.5) is 9.18 Å². The molecule has 204 valence electrons. The summed E-state index contributed by atoms with van der Waals surface area (Å²) >= 11 is 0. The Balaban J connectivity index is 1.56. The van der Waals surface area contributed by atoms with Crippen LogP contribution in [-0.2, 0) is 9.53 Å². The van der Waals surface area contributed by atoms with Gasteiger partial charge in [-0.05, 0) is 60.7 Å². The Hall–Kier alpha value is -3.30. The van der Waals surface area contributed by atoms with Gasteiger partial charge in [-0.2, -0.15) is 5.10 Å². The third-order valence-electron chi connectivity index (χ3n) is 7.19. The highest BCUT2D eigenvalue weighted by Gasteiger charge is 2.34. The van der Waals surface area contributed by atoms with E-state index in [2.05, 4.69) is 36.2 Å². The minimum absolute atomic E-state index is 0.0959. The number of aryl methyl sites for hydroxylation is 2. The van der Waals surface area contributed by atoms with E-state index in [1.165, 1.54) is 22.7 Å². The maximum Gasteiger partial charge on any atom is 0.317 e. The van der Waals surface area contributed by atoms with Crippen molar-refractivity contribution in [3.63, 3.8) is 0 Å². The van der Waals surface area contributed by atoms with E-state index in [0.29, 0.717) is 39.3 Å². The number of hydrazone groups is 1. The summed E-state index contributed by atoms with van der Waals surface area (Å²) in [5, 5.41) is 9.14. The van der Waals surface area contributed by atoms with Gasteiger partial charge in [0.05, 0.1) is 25.0 Å². The van der Waals surface area contributed by atoms with E-state index >= 15 is 0 Å². The van der Waals surface area contributed by atoms with Crippen LogP contribution in [0.25, 0.3) is 0 Å². The zero-order valence-electron chi connectivity index (χ0n) is 22.6. The molecule has 0 radical (unpaired) electrons. The van der Waals surface area contributed by atoms with Gasteiger partial charge in [-0.3, -0.25) is 9.69 Å². The number of urea groups is 1. The number of ether oxygens (including phenoxy) is 1. The molecule has 0 aliphatic carbocycles. The summed E-state index contributed by atoms with van der Waals surface area (Å²) in [6.07, 6.45) is 1.31. The lowest BCUT2D eigenvalue weighted by Crippen LogP contribution is -2.49. The summed E-state index contributed by atoms with van der Waals surface area (Å²) in [4.78, 5) is 30.5. The van der Waals surface area contributed by atoms with Crippen LogP contribution in [0.3, 0.4) is 0 Å². The van der Waals surface area contributed by atoms with Crippen molar-refractivity contribution in [3.05, 3.63) is 70.5 Å². The van der Waals surface area contributed by atoms with E-state index in [9.17, 15) is 14.0 Å². The number of nitrogens with one attached hydrogen (secondary N) is 1. The molecule has 0 spiro atoms. The molecular weight excluding hydrogens is 485 g/mol. The molecule has 38 heavy (non-hydrogen) atoms. The topological polar surface area (TPSA) is 77.5 Å². The Morgan fingerprint density at radius 2 is 1.84 bits per heavy atom. The Bertz CT molecular complexity index is 1150. The maximum absolute atomic E-state index is 13.7. The first-order chi connectivity index (χ1) is 18.4. The second-order valence-corrected chi connectivity index (χ2v) is 9.96. The van der Waals surface area contributed by atoms with Gasteiger partial charge in [0.15, 0.2) is 0 Å². The predicted molar refractivity (Wildman–Crippen MR) is 146 cm³/mol. The number of halogens is 1. The van der Waals surface area contributed by atoms with Crippen molar-refractivity contribution in [3.8, 4) is 0 Å². The summed E-state index contributed by atoms with van der Waals surface area (Å²) < 4.78 is 19.1. The van der Waals surface area contributed by atoms with E-state index in [1.54, 1.807) is 17.0 Å². The first kappa shape index (κ1) is 27.7. The minimum atomic E-state index is -0.375. The fraction of sp³-hybridized carbons (Fsp3) is 0.483. The van der Waals surface area contributed by atoms with Crippen molar-refractivity contribution in [2.75, 3.05) is 52.5 Å². The maximum atomic E-state index is 13.7. The monoisotopic (exact) mass is 523 g/mol. The summed E-state index contributed by atoms with van der Waals surface area (Å²) in [7, 11) is 0. The fourth-order valence-electron chi connectivity index (χ4n) is 4.70. The van der Waals surface area contributed by atoms with Crippen molar-refractivity contribution >= 4 is 17.6 Å². The highest BCUT2D eigenvalue weighted by atomic mass is 19.1. The number of rotatable bonds is 9. The SMILES string of the molecule is CCCNC(=O)N(CCN1CCOCC1)CC(=O)N1N=C(c2ccc(C)c(C)c2)CC1c1ccc(F)cc1. The largest absolute Gasteiger partial charge is 0.379 e. The van der Waals surface area contributed by atoms with Gasteiger partial charge in [-0.25, -0.2) is 14.2 Å². The molecule has 0 saturated carbocycles. The Morgan fingerprint density at radius 1 is 1.11 bits per heavy atom. The third-order valence-corrected chi connectivity index (χ3v) is 7.19. The summed E-state index contributed by atoms with van der Waals surface area (Å²) in [5.41, 5.74) is 4.89. The van der Waals surface area contributed by atoms with Gasteiger partial charge in [0.2, 0.25) is 0 Å². The summed E-state index contributed by atoms with van der Waals surface area (Å²) in [5.74, 6) is -0.603. The Kier molecular flexibility index (Phi) is 9.47. The summed E-state index contributed by atoms with van der Waals surface area (Å²) in [6.45, 7) is 10.6. The second-order valence-electron chi connectivity index (χ2n) is 9.96. The van der Waals surface area contributed by atoms with Crippen LogP contribution < -0.4 is 5.32 Å². The van der Waals surface area contributed by atoms with E-state index in [-0.39, 0.29) is 30.3 Å². The molecule has 4 rings (SSSR count). The molecule has 2 aliphatic rings. The third kappa shape index (κ3) is 6.96. The molecule has 0 bridgehead atoms. The van der Waals surface area contributed by atoms with Crippen LogP contribution in [0.1, 0.15) is 48.1 Å². The molecule has 2 heterocycles. The van der Waals surface area contributed by atoms with Gasteiger partial charge < -0.3 is 15.0 Å². The number of hydrogen-bond donors (Lipinski definition) is 1. The average molecular weight is 524 g/mol. The van der Waals surface area contributed by atoms with Gasteiger partial charge in [-0.1, -0.05) is 31.2 Å². The Morgan fingerprint density at radius 3 is 2.53 bits per heavy atom. The highest BCUT2D eigenvalue weighted by molar-refractivity contribution is 6.03. The van der Waals surface area contributed by atoms with Gasteiger partial charge >= 0.3 is 6.03 Å². The molecule has 3 amide bonds.